The predicted molar refractivity (Wildman–Crippen MR) is 130 cm³/mol. The first-order valence-corrected chi connectivity index (χ1v) is 10.9. The van der Waals surface area contributed by atoms with Crippen molar-refractivity contribution in [2.24, 2.45) is 0 Å². The number of ether oxygens (including phenoxy) is 1. The molecule has 172 valence electrons. The van der Waals surface area contributed by atoms with Gasteiger partial charge in [0.25, 0.3) is 5.56 Å². The van der Waals surface area contributed by atoms with Crippen molar-refractivity contribution in [2.75, 3.05) is 11.9 Å². The summed E-state index contributed by atoms with van der Waals surface area (Å²) in [7, 11) is 0. The van der Waals surface area contributed by atoms with E-state index in [1.807, 2.05) is 60.7 Å². The molecule has 3 aromatic carbocycles. The molecule has 0 aliphatic rings. The van der Waals surface area contributed by atoms with Gasteiger partial charge in [-0.2, -0.15) is 5.10 Å². The van der Waals surface area contributed by atoms with Crippen LogP contribution in [-0.2, 0) is 16.1 Å². The van der Waals surface area contributed by atoms with Gasteiger partial charge in [-0.15, -0.1) is 0 Å². The monoisotopic (exact) mass is 456 g/mol. The number of aromatic amines is 1. The van der Waals surface area contributed by atoms with E-state index in [-0.39, 0.29) is 24.5 Å². The smallest absolute Gasteiger partial charge is 0.407 e. The van der Waals surface area contributed by atoms with E-state index >= 15 is 0 Å². The van der Waals surface area contributed by atoms with Crippen LogP contribution in [0.5, 0.6) is 0 Å². The standard InChI is InChI=1S/C26H24N4O4/c31-23(14-7-15-27-26(33)34-17-18-8-2-1-3-9-18)28-20-11-6-10-19(16-20)24-21-12-4-5-13-22(21)25(32)30-29-24/h1-6,8-13,16H,7,14-15,17H2,(H,27,33)(H,28,31)(H,30,32). The van der Waals surface area contributed by atoms with Crippen LogP contribution in [0, 0.1) is 0 Å². The Hall–Kier alpha value is -4.46. The van der Waals surface area contributed by atoms with Crippen molar-refractivity contribution >= 4 is 28.5 Å². The zero-order valence-corrected chi connectivity index (χ0v) is 18.4. The Labute approximate surface area is 196 Å². The van der Waals surface area contributed by atoms with E-state index in [4.69, 9.17) is 4.74 Å². The number of fused-ring (bicyclic) bond motifs is 1. The number of rotatable bonds is 8. The number of alkyl carbamates (subject to hydrolysis) is 1. The fourth-order valence-corrected chi connectivity index (χ4v) is 3.52. The Morgan fingerprint density at radius 1 is 0.912 bits per heavy atom. The quantitative estimate of drug-likeness (QED) is 0.343. The number of amides is 2. The van der Waals surface area contributed by atoms with Crippen LogP contribution in [0.15, 0.2) is 83.7 Å². The highest BCUT2D eigenvalue weighted by molar-refractivity contribution is 5.95. The van der Waals surface area contributed by atoms with Gasteiger partial charge in [0.05, 0.1) is 11.1 Å². The molecular formula is C26H24N4O4. The maximum absolute atomic E-state index is 12.4. The number of carbonyl (C=O) groups excluding carboxylic acids is 2. The number of aromatic nitrogens is 2. The summed E-state index contributed by atoms with van der Waals surface area (Å²) >= 11 is 0. The van der Waals surface area contributed by atoms with Crippen LogP contribution in [0.25, 0.3) is 22.0 Å². The van der Waals surface area contributed by atoms with E-state index in [2.05, 4.69) is 20.8 Å². The van der Waals surface area contributed by atoms with Crippen molar-refractivity contribution < 1.29 is 14.3 Å². The molecule has 8 heteroatoms. The van der Waals surface area contributed by atoms with Gasteiger partial charge in [-0.3, -0.25) is 9.59 Å². The number of hydrogen-bond acceptors (Lipinski definition) is 5. The highest BCUT2D eigenvalue weighted by atomic mass is 16.5. The van der Waals surface area contributed by atoms with Gasteiger partial charge in [-0.05, 0) is 30.2 Å². The number of nitrogens with zero attached hydrogens (tertiary/aromatic N) is 1. The third-order valence-corrected chi connectivity index (χ3v) is 5.18. The van der Waals surface area contributed by atoms with Gasteiger partial charge < -0.3 is 15.4 Å². The average Bonchev–Trinajstić information content (AvgIpc) is 2.86. The fraction of sp³-hybridized carbons (Fsp3) is 0.154. The van der Waals surface area contributed by atoms with Crippen molar-refractivity contribution in [3.63, 3.8) is 0 Å². The Balaban J connectivity index is 1.27. The molecule has 4 aromatic rings. The molecule has 0 fully saturated rings. The van der Waals surface area contributed by atoms with Crippen molar-refractivity contribution in [3.8, 4) is 11.3 Å². The molecule has 3 N–H and O–H groups in total. The molecule has 0 unspecified atom stereocenters. The Kier molecular flexibility index (Phi) is 7.29. The lowest BCUT2D eigenvalue weighted by Gasteiger charge is -2.09. The van der Waals surface area contributed by atoms with Crippen LogP contribution in [0.3, 0.4) is 0 Å². The summed E-state index contributed by atoms with van der Waals surface area (Å²) in [6.07, 6.45) is 0.193. The molecule has 0 saturated carbocycles. The zero-order chi connectivity index (χ0) is 23.8. The van der Waals surface area contributed by atoms with Gasteiger partial charge in [0, 0.05) is 29.6 Å². The molecule has 0 atom stereocenters. The predicted octanol–water partition coefficient (Wildman–Crippen LogP) is 4.24. The number of anilines is 1. The second-order valence-electron chi connectivity index (χ2n) is 7.67. The zero-order valence-electron chi connectivity index (χ0n) is 18.4. The van der Waals surface area contributed by atoms with Gasteiger partial charge in [0.1, 0.15) is 6.61 Å². The van der Waals surface area contributed by atoms with E-state index in [9.17, 15) is 14.4 Å². The second-order valence-corrected chi connectivity index (χ2v) is 7.67. The molecule has 1 heterocycles. The highest BCUT2D eigenvalue weighted by Crippen LogP contribution is 2.26. The summed E-state index contributed by atoms with van der Waals surface area (Å²) in [5.74, 6) is -0.170. The normalized spacial score (nSPS) is 10.6. The van der Waals surface area contributed by atoms with Crippen LogP contribution in [0.1, 0.15) is 18.4 Å². The summed E-state index contributed by atoms with van der Waals surface area (Å²) in [5, 5.41) is 13.5. The molecule has 0 saturated heterocycles. The van der Waals surface area contributed by atoms with Crippen LogP contribution in [0.4, 0.5) is 10.5 Å². The van der Waals surface area contributed by atoms with Crippen LogP contribution < -0.4 is 16.2 Å². The molecule has 34 heavy (non-hydrogen) atoms. The van der Waals surface area contributed by atoms with E-state index in [1.165, 1.54) is 0 Å². The number of H-pyrrole nitrogens is 1. The fourth-order valence-electron chi connectivity index (χ4n) is 3.52. The molecule has 0 aliphatic carbocycles. The number of nitrogens with one attached hydrogen (secondary N) is 3. The first-order valence-electron chi connectivity index (χ1n) is 10.9. The Morgan fingerprint density at radius 2 is 1.68 bits per heavy atom. The molecular weight excluding hydrogens is 432 g/mol. The first-order chi connectivity index (χ1) is 16.6. The third kappa shape index (κ3) is 5.86. The van der Waals surface area contributed by atoms with Crippen molar-refractivity contribution in [2.45, 2.75) is 19.4 Å². The van der Waals surface area contributed by atoms with Crippen LogP contribution in [0.2, 0.25) is 0 Å². The minimum atomic E-state index is -0.516. The lowest BCUT2D eigenvalue weighted by atomic mass is 10.0. The number of carbonyl (C=O) groups is 2. The second kappa shape index (κ2) is 10.9. The van der Waals surface area contributed by atoms with Gasteiger partial charge in [-0.25, -0.2) is 9.89 Å². The highest BCUT2D eigenvalue weighted by Gasteiger charge is 2.10. The number of hydrogen-bond donors (Lipinski definition) is 3. The molecule has 1 aromatic heterocycles. The topological polar surface area (TPSA) is 113 Å². The first kappa shape index (κ1) is 22.7. The molecule has 4 rings (SSSR count). The van der Waals surface area contributed by atoms with Crippen molar-refractivity contribution in [1.29, 1.82) is 0 Å². The summed E-state index contributed by atoms with van der Waals surface area (Å²) in [6, 6.07) is 23.9. The maximum atomic E-state index is 12.4. The van der Waals surface area contributed by atoms with Gasteiger partial charge in [0.15, 0.2) is 0 Å². The molecule has 2 amide bonds. The van der Waals surface area contributed by atoms with E-state index in [0.717, 1.165) is 16.5 Å². The molecule has 0 spiro atoms. The van der Waals surface area contributed by atoms with Crippen LogP contribution in [-0.4, -0.2) is 28.7 Å². The lowest BCUT2D eigenvalue weighted by Crippen LogP contribution is -2.26. The summed E-state index contributed by atoms with van der Waals surface area (Å²) in [4.78, 5) is 36.2. The summed E-state index contributed by atoms with van der Waals surface area (Å²) in [6.45, 7) is 0.525. The van der Waals surface area contributed by atoms with Crippen molar-refractivity contribution in [1.82, 2.24) is 15.5 Å². The molecule has 0 radical (unpaired) electrons. The summed E-state index contributed by atoms with van der Waals surface area (Å²) < 4.78 is 5.15. The molecule has 0 bridgehead atoms. The van der Waals surface area contributed by atoms with E-state index in [1.54, 1.807) is 18.2 Å². The van der Waals surface area contributed by atoms with Gasteiger partial charge in [-0.1, -0.05) is 60.7 Å². The SMILES string of the molecule is O=C(CCCNC(=O)OCc1ccccc1)Nc1cccc(-c2n[nH]c(=O)c3ccccc23)c1. The van der Waals surface area contributed by atoms with Crippen molar-refractivity contribution in [3.05, 3.63) is 94.8 Å². The number of benzene rings is 3. The minimum absolute atomic E-state index is 0.170. The van der Waals surface area contributed by atoms with Gasteiger partial charge >= 0.3 is 6.09 Å². The molecule has 0 aliphatic heterocycles. The Bertz CT molecular complexity index is 1350. The summed E-state index contributed by atoms with van der Waals surface area (Å²) in [5.41, 5.74) is 2.68. The average molecular weight is 457 g/mol. The maximum Gasteiger partial charge on any atom is 0.407 e. The third-order valence-electron chi connectivity index (χ3n) is 5.18. The largest absolute Gasteiger partial charge is 0.445 e. The lowest BCUT2D eigenvalue weighted by molar-refractivity contribution is -0.116. The minimum Gasteiger partial charge on any atom is -0.445 e. The van der Waals surface area contributed by atoms with E-state index < -0.39 is 6.09 Å². The molecule has 8 nitrogen and oxygen atoms in total. The Morgan fingerprint density at radius 3 is 2.50 bits per heavy atom. The van der Waals surface area contributed by atoms with Gasteiger partial charge in [0.2, 0.25) is 5.91 Å². The van der Waals surface area contributed by atoms with Crippen LogP contribution >= 0.6 is 0 Å². The van der Waals surface area contributed by atoms with E-state index in [0.29, 0.717) is 29.7 Å².